The molecule has 0 amide bonds. The summed E-state index contributed by atoms with van der Waals surface area (Å²) < 4.78 is 10.6. The zero-order chi connectivity index (χ0) is 15.1. The van der Waals surface area contributed by atoms with Crippen molar-refractivity contribution in [1.29, 1.82) is 0 Å². The Balaban J connectivity index is 0.00000242. The molecule has 0 unspecified atom stereocenters. The second-order valence-corrected chi connectivity index (χ2v) is 5.11. The van der Waals surface area contributed by atoms with Crippen LogP contribution in [0, 0.1) is 6.92 Å². The van der Waals surface area contributed by atoms with Crippen LogP contribution in [-0.4, -0.2) is 20.8 Å². The molecule has 0 spiro atoms. The van der Waals surface area contributed by atoms with Crippen molar-refractivity contribution in [2.45, 2.75) is 19.9 Å². The second-order valence-electron chi connectivity index (χ2n) is 5.11. The highest BCUT2D eigenvalue weighted by molar-refractivity contribution is 8.93. The summed E-state index contributed by atoms with van der Waals surface area (Å²) >= 11 is 0. The van der Waals surface area contributed by atoms with E-state index in [1.54, 1.807) is 14.2 Å². The van der Waals surface area contributed by atoms with Crippen LogP contribution in [0.15, 0.2) is 42.5 Å². The van der Waals surface area contributed by atoms with Gasteiger partial charge in [-0.1, -0.05) is 35.9 Å². The van der Waals surface area contributed by atoms with Gasteiger partial charge >= 0.3 is 0 Å². The van der Waals surface area contributed by atoms with Crippen LogP contribution in [0.3, 0.4) is 0 Å². The van der Waals surface area contributed by atoms with Gasteiger partial charge in [0.1, 0.15) is 0 Å². The minimum Gasteiger partial charge on any atom is -0.493 e. The first-order valence-electron chi connectivity index (χ1n) is 7.20. The Labute approximate surface area is 143 Å². The minimum absolute atomic E-state index is 0. The molecule has 0 aliphatic carbocycles. The summed E-state index contributed by atoms with van der Waals surface area (Å²) in [5.74, 6) is 1.56. The molecule has 120 valence electrons. The van der Waals surface area contributed by atoms with Crippen molar-refractivity contribution in [2.75, 3.05) is 20.8 Å². The van der Waals surface area contributed by atoms with Gasteiger partial charge in [-0.25, -0.2) is 0 Å². The quantitative estimate of drug-likeness (QED) is 0.754. The van der Waals surface area contributed by atoms with E-state index < -0.39 is 0 Å². The highest BCUT2D eigenvalue weighted by Crippen LogP contribution is 2.27. The van der Waals surface area contributed by atoms with E-state index in [4.69, 9.17) is 9.47 Å². The van der Waals surface area contributed by atoms with Crippen LogP contribution in [0.25, 0.3) is 0 Å². The van der Waals surface area contributed by atoms with E-state index in [9.17, 15) is 0 Å². The van der Waals surface area contributed by atoms with Crippen molar-refractivity contribution in [2.24, 2.45) is 0 Å². The number of nitrogens with one attached hydrogen (secondary N) is 1. The van der Waals surface area contributed by atoms with E-state index in [0.29, 0.717) is 0 Å². The van der Waals surface area contributed by atoms with Crippen LogP contribution >= 0.6 is 17.0 Å². The Morgan fingerprint density at radius 1 is 0.909 bits per heavy atom. The van der Waals surface area contributed by atoms with E-state index in [-0.39, 0.29) is 17.0 Å². The number of methoxy groups -OCH3 is 2. The molecule has 0 bridgehead atoms. The number of benzene rings is 2. The topological polar surface area (TPSA) is 30.5 Å². The van der Waals surface area contributed by atoms with Crippen LogP contribution in [0.5, 0.6) is 11.5 Å². The van der Waals surface area contributed by atoms with E-state index in [2.05, 4.69) is 42.6 Å². The van der Waals surface area contributed by atoms with Crippen molar-refractivity contribution < 1.29 is 9.47 Å². The monoisotopic (exact) mass is 365 g/mol. The number of hydrogen-bond acceptors (Lipinski definition) is 3. The third-order valence-corrected chi connectivity index (χ3v) is 3.45. The molecule has 0 radical (unpaired) electrons. The molecule has 0 saturated heterocycles. The van der Waals surface area contributed by atoms with E-state index in [0.717, 1.165) is 31.0 Å². The van der Waals surface area contributed by atoms with Gasteiger partial charge in [-0.2, -0.15) is 0 Å². The Kier molecular flexibility index (Phi) is 7.99. The maximum atomic E-state index is 5.32. The van der Waals surface area contributed by atoms with Crippen LogP contribution < -0.4 is 14.8 Å². The van der Waals surface area contributed by atoms with Gasteiger partial charge in [-0.05, 0) is 43.1 Å². The van der Waals surface area contributed by atoms with E-state index in [1.807, 2.05) is 12.1 Å². The molecule has 2 aromatic rings. The van der Waals surface area contributed by atoms with Crippen LogP contribution in [0.2, 0.25) is 0 Å². The highest BCUT2D eigenvalue weighted by atomic mass is 79.9. The van der Waals surface area contributed by atoms with E-state index >= 15 is 0 Å². The first-order valence-corrected chi connectivity index (χ1v) is 7.20. The fourth-order valence-corrected chi connectivity index (χ4v) is 2.32. The van der Waals surface area contributed by atoms with Crippen LogP contribution in [-0.2, 0) is 13.0 Å². The molecular formula is C18H24BrNO2. The summed E-state index contributed by atoms with van der Waals surface area (Å²) in [4.78, 5) is 0. The van der Waals surface area contributed by atoms with Gasteiger partial charge in [0.15, 0.2) is 11.5 Å². The van der Waals surface area contributed by atoms with E-state index in [1.165, 1.54) is 16.7 Å². The third-order valence-electron chi connectivity index (χ3n) is 3.45. The molecular weight excluding hydrogens is 342 g/mol. The van der Waals surface area contributed by atoms with Crippen molar-refractivity contribution in [3.05, 3.63) is 59.2 Å². The largest absolute Gasteiger partial charge is 0.493 e. The molecule has 0 atom stereocenters. The summed E-state index contributed by atoms with van der Waals surface area (Å²) in [6, 6.07) is 14.6. The minimum atomic E-state index is 0. The lowest BCUT2D eigenvalue weighted by atomic mass is 10.1. The first-order chi connectivity index (χ1) is 10.2. The number of aryl methyl sites for hydroxylation is 1. The maximum absolute atomic E-state index is 5.32. The molecule has 0 aliphatic heterocycles. The fraction of sp³-hybridized carbons (Fsp3) is 0.333. The Hall–Kier alpha value is -1.52. The Bertz CT molecular complexity index is 587. The molecule has 0 aliphatic rings. The highest BCUT2D eigenvalue weighted by Gasteiger charge is 2.04. The number of hydrogen-bond donors (Lipinski definition) is 1. The zero-order valence-corrected chi connectivity index (χ0v) is 15.1. The van der Waals surface area contributed by atoms with Gasteiger partial charge in [0, 0.05) is 6.54 Å². The van der Waals surface area contributed by atoms with Gasteiger partial charge < -0.3 is 14.8 Å². The Morgan fingerprint density at radius 3 is 2.36 bits per heavy atom. The standard InChI is InChI=1S/C18H23NO2.BrH/c1-14-5-4-6-16(11-14)13-19-10-9-15-7-8-17(20-2)18(12-15)21-3;/h4-8,11-12,19H,9-10,13H2,1-3H3;1H. The van der Waals surface area contributed by atoms with Crippen molar-refractivity contribution >= 4 is 17.0 Å². The molecule has 0 aromatic heterocycles. The third kappa shape index (κ3) is 5.35. The number of ether oxygens (including phenoxy) is 2. The molecule has 22 heavy (non-hydrogen) atoms. The summed E-state index contributed by atoms with van der Waals surface area (Å²) in [7, 11) is 3.32. The van der Waals surface area contributed by atoms with Gasteiger partial charge in [-0.15, -0.1) is 17.0 Å². The normalized spacial score (nSPS) is 9.95. The molecule has 0 saturated carbocycles. The summed E-state index contributed by atoms with van der Waals surface area (Å²) in [6.07, 6.45) is 0.964. The smallest absolute Gasteiger partial charge is 0.160 e. The molecule has 1 N–H and O–H groups in total. The predicted octanol–water partition coefficient (Wildman–Crippen LogP) is 3.92. The maximum Gasteiger partial charge on any atom is 0.160 e. The van der Waals surface area contributed by atoms with Gasteiger partial charge in [0.25, 0.3) is 0 Å². The molecule has 4 heteroatoms. The Morgan fingerprint density at radius 2 is 1.68 bits per heavy atom. The molecule has 2 rings (SSSR count). The van der Waals surface area contributed by atoms with Crippen molar-refractivity contribution in [3.8, 4) is 11.5 Å². The van der Waals surface area contributed by atoms with Gasteiger partial charge in [0.05, 0.1) is 14.2 Å². The lowest BCUT2D eigenvalue weighted by Gasteiger charge is -2.10. The molecule has 2 aromatic carbocycles. The number of rotatable bonds is 7. The van der Waals surface area contributed by atoms with Gasteiger partial charge in [0.2, 0.25) is 0 Å². The molecule has 0 fully saturated rings. The first kappa shape index (κ1) is 18.5. The summed E-state index contributed by atoms with van der Waals surface area (Å²) in [5, 5.41) is 3.47. The lowest BCUT2D eigenvalue weighted by Crippen LogP contribution is -2.16. The average molecular weight is 366 g/mol. The summed E-state index contributed by atoms with van der Waals surface area (Å²) in [5.41, 5.74) is 3.86. The average Bonchev–Trinajstić information content (AvgIpc) is 2.51. The molecule has 0 heterocycles. The summed E-state index contributed by atoms with van der Waals surface area (Å²) in [6.45, 7) is 3.95. The van der Waals surface area contributed by atoms with Gasteiger partial charge in [-0.3, -0.25) is 0 Å². The zero-order valence-electron chi connectivity index (χ0n) is 13.4. The lowest BCUT2D eigenvalue weighted by molar-refractivity contribution is 0.354. The van der Waals surface area contributed by atoms with Crippen molar-refractivity contribution in [3.63, 3.8) is 0 Å². The SMILES string of the molecule is Br.COc1ccc(CCNCc2cccc(C)c2)cc1OC. The van der Waals surface area contributed by atoms with Crippen LogP contribution in [0.1, 0.15) is 16.7 Å². The second kappa shape index (κ2) is 9.49. The molecule has 3 nitrogen and oxygen atoms in total. The van der Waals surface area contributed by atoms with Crippen molar-refractivity contribution in [1.82, 2.24) is 5.32 Å². The van der Waals surface area contributed by atoms with Crippen LogP contribution in [0.4, 0.5) is 0 Å². The number of halogens is 1. The fourth-order valence-electron chi connectivity index (χ4n) is 2.32. The predicted molar refractivity (Wildman–Crippen MR) is 96.5 cm³/mol.